The lowest BCUT2D eigenvalue weighted by Crippen LogP contribution is -2.70. The van der Waals surface area contributed by atoms with Crippen molar-refractivity contribution >= 4 is 17.9 Å². The van der Waals surface area contributed by atoms with E-state index in [1.54, 1.807) is 35.3 Å². The molecule has 6 atom stereocenters. The summed E-state index contributed by atoms with van der Waals surface area (Å²) < 4.78 is 40.5. The summed E-state index contributed by atoms with van der Waals surface area (Å²) in [6.45, 7) is 13.1. The number of ether oxygens (including phenoxy) is 4. The third-order valence-corrected chi connectivity index (χ3v) is 13.4. The van der Waals surface area contributed by atoms with E-state index >= 15 is 0 Å². The van der Waals surface area contributed by atoms with Crippen molar-refractivity contribution in [1.82, 2.24) is 10.2 Å². The number of carbonyl (C=O) groups excluding carboxylic acids is 2. The van der Waals surface area contributed by atoms with Gasteiger partial charge in [0.05, 0.1) is 24.8 Å². The lowest BCUT2D eigenvalue weighted by atomic mass is 9.55. The standard InChI is InChI=1S/C54H78FN3O9/c1-5-9-11-12-13-14-15-16-17-20-31-56-52(61)66-43-29-30-48-46(37-43)50-44(24-19-22-33-60)41(23-18-21-32-59)36-45-47(57-65-8-4)38-49(54(67-48,51(45)50)64-34-7-3)58(53(62)63-35-10-6-2)39-40-25-27-42(55)28-26-40/h6-7,25-30,36-37,41,44,49-51,59-60H,2-3,5,8-24,31-35,38-39H2,1,4H3,(H,56,61). The molecule has 1 aliphatic heterocycles. The van der Waals surface area contributed by atoms with Gasteiger partial charge in [0, 0.05) is 44.2 Å². The summed E-state index contributed by atoms with van der Waals surface area (Å²) in [7, 11) is 0. The Balaban J connectivity index is 1.57. The van der Waals surface area contributed by atoms with Crippen LogP contribution in [-0.4, -0.2) is 84.4 Å². The Morgan fingerprint density at radius 2 is 1.61 bits per heavy atom. The molecule has 3 aliphatic rings. The van der Waals surface area contributed by atoms with Crippen molar-refractivity contribution in [2.45, 2.75) is 154 Å². The molecule has 6 unspecified atom stereocenters. The number of allylic oxidation sites excluding steroid dienone is 1. The minimum Gasteiger partial charge on any atom is -0.459 e. The fourth-order valence-corrected chi connectivity index (χ4v) is 10.2. The molecular formula is C54H78FN3O9. The van der Waals surface area contributed by atoms with Gasteiger partial charge in [-0.1, -0.05) is 113 Å². The zero-order valence-electron chi connectivity index (χ0n) is 40.3. The Hall–Kier alpha value is -4.72. The van der Waals surface area contributed by atoms with E-state index in [0.717, 1.165) is 56.1 Å². The highest BCUT2D eigenvalue weighted by molar-refractivity contribution is 6.03. The third kappa shape index (κ3) is 14.9. The molecule has 2 aromatic rings. The number of nitrogens with zero attached hydrogens (tertiary/aromatic N) is 2. The van der Waals surface area contributed by atoms with Crippen LogP contribution in [0.5, 0.6) is 11.5 Å². The van der Waals surface area contributed by atoms with E-state index in [1.807, 2.05) is 19.1 Å². The van der Waals surface area contributed by atoms with Crippen LogP contribution >= 0.6 is 0 Å². The van der Waals surface area contributed by atoms with Crippen LogP contribution in [0.4, 0.5) is 14.0 Å². The van der Waals surface area contributed by atoms with E-state index in [1.165, 1.54) is 57.1 Å². The molecule has 67 heavy (non-hydrogen) atoms. The van der Waals surface area contributed by atoms with E-state index < -0.39 is 35.8 Å². The fraction of sp³-hybridized carbons (Fsp3) is 0.611. The minimum atomic E-state index is -1.54. The Morgan fingerprint density at radius 3 is 2.28 bits per heavy atom. The van der Waals surface area contributed by atoms with Crippen LogP contribution in [0, 0.1) is 23.6 Å². The maximum Gasteiger partial charge on any atom is 0.412 e. The summed E-state index contributed by atoms with van der Waals surface area (Å²) in [6, 6.07) is 10.6. The average Bonchev–Trinajstić information content (AvgIpc) is 3.33. The summed E-state index contributed by atoms with van der Waals surface area (Å²) in [5.41, 5.74) is 3.00. The number of halogens is 1. The largest absolute Gasteiger partial charge is 0.459 e. The van der Waals surface area contributed by atoms with Crippen LogP contribution < -0.4 is 14.8 Å². The van der Waals surface area contributed by atoms with Crippen LogP contribution in [0.2, 0.25) is 0 Å². The van der Waals surface area contributed by atoms with Gasteiger partial charge in [-0.05, 0) is 98.8 Å². The van der Waals surface area contributed by atoms with Gasteiger partial charge in [0.2, 0.25) is 5.79 Å². The first kappa shape index (κ1) is 53.2. The number of aliphatic hydroxyl groups excluding tert-OH is 2. The lowest BCUT2D eigenvalue weighted by molar-refractivity contribution is -0.256. The van der Waals surface area contributed by atoms with E-state index in [-0.39, 0.29) is 57.1 Å². The van der Waals surface area contributed by atoms with Crippen molar-refractivity contribution in [3.8, 4) is 11.5 Å². The third-order valence-electron chi connectivity index (χ3n) is 13.4. The lowest BCUT2D eigenvalue weighted by Gasteiger charge is -2.59. The van der Waals surface area contributed by atoms with Crippen molar-refractivity contribution in [1.29, 1.82) is 0 Å². The van der Waals surface area contributed by atoms with Crippen molar-refractivity contribution in [2.24, 2.45) is 22.9 Å². The van der Waals surface area contributed by atoms with Gasteiger partial charge >= 0.3 is 12.2 Å². The highest BCUT2D eigenvalue weighted by Crippen LogP contribution is 2.62. The number of unbranched alkanes of at least 4 members (excludes halogenated alkanes) is 11. The van der Waals surface area contributed by atoms with Gasteiger partial charge in [-0.2, -0.15) is 0 Å². The van der Waals surface area contributed by atoms with E-state index in [9.17, 15) is 24.2 Å². The number of hydrogen-bond donors (Lipinski definition) is 3. The van der Waals surface area contributed by atoms with Crippen molar-refractivity contribution in [3.63, 3.8) is 0 Å². The van der Waals surface area contributed by atoms with Crippen LogP contribution in [-0.2, 0) is 20.9 Å². The molecule has 0 saturated heterocycles. The Morgan fingerprint density at radius 1 is 0.910 bits per heavy atom. The highest BCUT2D eigenvalue weighted by Gasteiger charge is 2.65. The molecule has 3 N–H and O–H groups in total. The number of hydrogen-bond acceptors (Lipinski definition) is 10. The van der Waals surface area contributed by atoms with Crippen molar-refractivity contribution in [2.75, 3.05) is 39.6 Å². The number of benzene rings is 2. The molecule has 1 fully saturated rings. The number of carbonyl (C=O) groups is 2. The molecule has 0 spiro atoms. The number of aliphatic hydroxyl groups is 2. The molecule has 0 radical (unpaired) electrons. The van der Waals surface area contributed by atoms with Gasteiger partial charge in [0.25, 0.3) is 0 Å². The molecule has 0 aromatic heterocycles. The molecule has 5 rings (SSSR count). The number of amides is 2. The van der Waals surface area contributed by atoms with Gasteiger partial charge < -0.3 is 39.3 Å². The second kappa shape index (κ2) is 28.6. The molecule has 2 aromatic carbocycles. The molecule has 1 saturated carbocycles. The number of oxime groups is 1. The predicted octanol–water partition coefficient (Wildman–Crippen LogP) is 11.7. The monoisotopic (exact) mass is 932 g/mol. The average molecular weight is 932 g/mol. The van der Waals surface area contributed by atoms with Crippen molar-refractivity contribution < 1.29 is 48.0 Å². The van der Waals surface area contributed by atoms with Gasteiger partial charge in [0.15, 0.2) is 0 Å². The molecule has 2 aliphatic carbocycles. The van der Waals surface area contributed by atoms with Gasteiger partial charge in [-0.3, -0.25) is 4.90 Å². The van der Waals surface area contributed by atoms with E-state index in [0.29, 0.717) is 55.2 Å². The molecular weight excluding hydrogens is 854 g/mol. The van der Waals surface area contributed by atoms with Crippen molar-refractivity contribution in [3.05, 3.63) is 96.4 Å². The summed E-state index contributed by atoms with van der Waals surface area (Å²) >= 11 is 0. The number of nitrogens with one attached hydrogen (secondary N) is 1. The Kier molecular flexibility index (Phi) is 22.7. The van der Waals surface area contributed by atoms with Crippen LogP contribution in [0.1, 0.15) is 146 Å². The second-order valence-electron chi connectivity index (χ2n) is 18.1. The number of fused-ring (bicyclic) bond motifs is 2. The summed E-state index contributed by atoms with van der Waals surface area (Å²) in [4.78, 5) is 35.3. The fourth-order valence-electron chi connectivity index (χ4n) is 10.2. The summed E-state index contributed by atoms with van der Waals surface area (Å²) in [6.07, 6.45) is 21.4. The zero-order chi connectivity index (χ0) is 47.9. The molecule has 2 amide bonds. The zero-order valence-corrected chi connectivity index (χ0v) is 40.3. The summed E-state index contributed by atoms with van der Waals surface area (Å²) in [5.74, 6) is -1.99. The van der Waals surface area contributed by atoms with Gasteiger partial charge in [0.1, 0.15) is 30.0 Å². The van der Waals surface area contributed by atoms with E-state index in [4.69, 9.17) is 28.9 Å². The second-order valence-corrected chi connectivity index (χ2v) is 18.1. The van der Waals surface area contributed by atoms with Gasteiger partial charge in [-0.25, -0.2) is 14.0 Å². The maximum absolute atomic E-state index is 14.6. The first-order valence-corrected chi connectivity index (χ1v) is 25.2. The minimum absolute atomic E-state index is 0.0149. The molecule has 13 heteroatoms. The molecule has 1 heterocycles. The van der Waals surface area contributed by atoms with E-state index in [2.05, 4.69) is 31.5 Å². The quantitative estimate of drug-likeness (QED) is 0.0382. The highest BCUT2D eigenvalue weighted by atomic mass is 19.1. The first-order chi connectivity index (χ1) is 32.7. The Bertz CT molecular complexity index is 1910. The molecule has 0 bridgehead atoms. The molecule has 370 valence electrons. The van der Waals surface area contributed by atoms with Crippen LogP contribution in [0.15, 0.2) is 84.6 Å². The van der Waals surface area contributed by atoms with Crippen LogP contribution in [0.3, 0.4) is 0 Å². The smallest absolute Gasteiger partial charge is 0.412 e. The predicted molar refractivity (Wildman–Crippen MR) is 261 cm³/mol. The normalized spacial score (nSPS) is 22.1. The topological polar surface area (TPSA) is 148 Å². The first-order valence-electron chi connectivity index (χ1n) is 25.2. The summed E-state index contributed by atoms with van der Waals surface area (Å²) in [5, 5.41) is 27.6. The Labute approximate surface area is 399 Å². The SMILES string of the molecule is C=CCCOC(=O)N(Cc1ccc(F)cc1)C1CC(=NOCC)C2=CC(CCCCO)C(CCCCO)C3c4cc(OC(=O)NCCCCCCCCCCCC)ccc4OC1(OCC=C)C23. The van der Waals surface area contributed by atoms with Crippen LogP contribution in [0.25, 0.3) is 0 Å². The van der Waals surface area contributed by atoms with Gasteiger partial charge in [-0.15, -0.1) is 13.2 Å². The maximum atomic E-state index is 14.6. The number of rotatable bonds is 31. The molecule has 12 nitrogen and oxygen atoms in total.